The van der Waals surface area contributed by atoms with Gasteiger partial charge in [-0.25, -0.2) is 4.52 Å². The van der Waals surface area contributed by atoms with Crippen molar-refractivity contribution in [3.05, 3.63) is 34.5 Å². The zero-order chi connectivity index (χ0) is 14.0. The highest BCUT2D eigenvalue weighted by Crippen LogP contribution is 2.01. The van der Waals surface area contributed by atoms with Gasteiger partial charge < -0.3 is 9.88 Å². The molecule has 0 aromatic carbocycles. The van der Waals surface area contributed by atoms with Crippen LogP contribution < -0.4 is 10.9 Å². The molecule has 0 spiro atoms. The van der Waals surface area contributed by atoms with Gasteiger partial charge in [0.2, 0.25) is 0 Å². The summed E-state index contributed by atoms with van der Waals surface area (Å²) in [5, 5.41) is 7.65. The minimum absolute atomic E-state index is 0.0267. The Labute approximate surface area is 113 Å². The standard InChI is InChI=1S/C14H22N4O/c1-11-10-12-13(19)17(8-9-18(12)16-11)7-5-6-15-14(2,3)4/h8-10,15H,5-7H2,1-4H3. The summed E-state index contributed by atoms with van der Waals surface area (Å²) in [7, 11) is 0. The van der Waals surface area contributed by atoms with Crippen molar-refractivity contribution in [2.45, 2.75) is 46.2 Å². The van der Waals surface area contributed by atoms with E-state index in [1.807, 2.05) is 19.2 Å². The number of fused-ring (bicyclic) bond motifs is 1. The first-order valence-electron chi connectivity index (χ1n) is 6.67. The Hall–Kier alpha value is -1.62. The summed E-state index contributed by atoms with van der Waals surface area (Å²) in [5.41, 5.74) is 1.66. The van der Waals surface area contributed by atoms with E-state index in [0.29, 0.717) is 5.52 Å². The van der Waals surface area contributed by atoms with Crippen molar-refractivity contribution in [2.75, 3.05) is 6.54 Å². The molecule has 0 bridgehead atoms. The summed E-state index contributed by atoms with van der Waals surface area (Å²) in [6.07, 6.45) is 4.57. The van der Waals surface area contributed by atoms with Gasteiger partial charge in [0.15, 0.2) is 0 Å². The van der Waals surface area contributed by atoms with E-state index >= 15 is 0 Å². The quantitative estimate of drug-likeness (QED) is 0.851. The lowest BCUT2D eigenvalue weighted by Gasteiger charge is -2.20. The molecular formula is C14H22N4O. The Morgan fingerprint density at radius 1 is 1.32 bits per heavy atom. The van der Waals surface area contributed by atoms with Crippen LogP contribution in [0.15, 0.2) is 23.3 Å². The van der Waals surface area contributed by atoms with Crippen LogP contribution in [-0.4, -0.2) is 26.3 Å². The lowest BCUT2D eigenvalue weighted by Crippen LogP contribution is -2.37. The number of nitrogens with zero attached hydrogens (tertiary/aromatic N) is 3. The molecule has 0 fully saturated rings. The van der Waals surface area contributed by atoms with Crippen LogP contribution >= 0.6 is 0 Å². The summed E-state index contributed by atoms with van der Waals surface area (Å²) in [6.45, 7) is 9.94. The summed E-state index contributed by atoms with van der Waals surface area (Å²) >= 11 is 0. The third kappa shape index (κ3) is 3.44. The van der Waals surface area contributed by atoms with Crippen molar-refractivity contribution in [1.29, 1.82) is 0 Å². The molecule has 0 aliphatic heterocycles. The first-order valence-corrected chi connectivity index (χ1v) is 6.67. The van der Waals surface area contributed by atoms with E-state index in [1.165, 1.54) is 0 Å². The molecule has 0 radical (unpaired) electrons. The largest absolute Gasteiger partial charge is 0.312 e. The van der Waals surface area contributed by atoms with Gasteiger partial charge in [-0.3, -0.25) is 4.79 Å². The zero-order valence-corrected chi connectivity index (χ0v) is 12.1. The SMILES string of the molecule is Cc1cc2c(=O)n(CCCNC(C)(C)C)ccn2n1. The molecule has 19 heavy (non-hydrogen) atoms. The van der Waals surface area contributed by atoms with E-state index in [-0.39, 0.29) is 11.1 Å². The van der Waals surface area contributed by atoms with Gasteiger partial charge in [0.05, 0.1) is 5.69 Å². The Bertz CT molecular complexity index is 618. The predicted molar refractivity (Wildman–Crippen MR) is 76.6 cm³/mol. The van der Waals surface area contributed by atoms with Crippen molar-refractivity contribution in [1.82, 2.24) is 19.5 Å². The molecule has 5 nitrogen and oxygen atoms in total. The van der Waals surface area contributed by atoms with E-state index in [0.717, 1.165) is 25.2 Å². The molecule has 5 heteroatoms. The van der Waals surface area contributed by atoms with Crippen molar-refractivity contribution in [3.63, 3.8) is 0 Å². The number of aryl methyl sites for hydroxylation is 2. The molecule has 0 aliphatic rings. The molecule has 0 amide bonds. The maximum absolute atomic E-state index is 12.2. The maximum Gasteiger partial charge on any atom is 0.276 e. The Morgan fingerprint density at radius 3 is 2.74 bits per heavy atom. The molecule has 0 saturated carbocycles. The van der Waals surface area contributed by atoms with E-state index in [1.54, 1.807) is 15.3 Å². The van der Waals surface area contributed by atoms with Crippen LogP contribution in [0.2, 0.25) is 0 Å². The topological polar surface area (TPSA) is 51.3 Å². The molecule has 2 heterocycles. The van der Waals surface area contributed by atoms with Crippen LogP contribution in [0.5, 0.6) is 0 Å². The molecule has 2 rings (SSSR count). The fraction of sp³-hybridized carbons (Fsp3) is 0.571. The Balaban J connectivity index is 2.05. The van der Waals surface area contributed by atoms with Crippen LogP contribution in [0.1, 0.15) is 32.9 Å². The second-order valence-electron chi connectivity index (χ2n) is 5.94. The number of rotatable bonds is 4. The van der Waals surface area contributed by atoms with Gasteiger partial charge in [0.1, 0.15) is 5.52 Å². The molecule has 0 aliphatic carbocycles. The van der Waals surface area contributed by atoms with Gasteiger partial charge >= 0.3 is 0 Å². The maximum atomic E-state index is 12.2. The van der Waals surface area contributed by atoms with Crippen LogP contribution in [0.3, 0.4) is 0 Å². The van der Waals surface area contributed by atoms with Gasteiger partial charge in [-0.05, 0) is 46.7 Å². The lowest BCUT2D eigenvalue weighted by molar-refractivity contribution is 0.412. The molecule has 0 unspecified atom stereocenters. The minimum Gasteiger partial charge on any atom is -0.312 e. The fourth-order valence-electron chi connectivity index (χ4n) is 2.04. The molecule has 104 valence electrons. The van der Waals surface area contributed by atoms with E-state index < -0.39 is 0 Å². The van der Waals surface area contributed by atoms with Gasteiger partial charge in [0.25, 0.3) is 5.56 Å². The van der Waals surface area contributed by atoms with E-state index in [4.69, 9.17) is 0 Å². The second-order valence-corrected chi connectivity index (χ2v) is 5.94. The van der Waals surface area contributed by atoms with Gasteiger partial charge in [-0.15, -0.1) is 0 Å². The van der Waals surface area contributed by atoms with Gasteiger partial charge in [-0.1, -0.05) is 0 Å². The van der Waals surface area contributed by atoms with Gasteiger partial charge in [0, 0.05) is 24.5 Å². The average Bonchev–Trinajstić information content (AvgIpc) is 2.67. The van der Waals surface area contributed by atoms with E-state index in [9.17, 15) is 4.79 Å². The monoisotopic (exact) mass is 262 g/mol. The smallest absolute Gasteiger partial charge is 0.276 e. The normalized spacial score (nSPS) is 12.2. The Morgan fingerprint density at radius 2 is 2.05 bits per heavy atom. The fourth-order valence-corrected chi connectivity index (χ4v) is 2.04. The molecule has 2 aromatic heterocycles. The van der Waals surface area contributed by atoms with Crippen molar-refractivity contribution >= 4 is 5.52 Å². The lowest BCUT2D eigenvalue weighted by atomic mass is 10.1. The second kappa shape index (κ2) is 5.17. The number of nitrogens with one attached hydrogen (secondary N) is 1. The van der Waals surface area contributed by atoms with Crippen LogP contribution in [-0.2, 0) is 6.54 Å². The molecule has 2 aromatic rings. The van der Waals surface area contributed by atoms with Crippen LogP contribution in [0, 0.1) is 6.92 Å². The predicted octanol–water partition coefficient (Wildman–Crippen LogP) is 1.58. The minimum atomic E-state index is 0.0267. The third-order valence-corrected chi connectivity index (χ3v) is 2.96. The van der Waals surface area contributed by atoms with Crippen molar-refractivity contribution in [3.8, 4) is 0 Å². The molecule has 0 atom stereocenters. The Kier molecular flexibility index (Phi) is 3.75. The summed E-state index contributed by atoms with van der Waals surface area (Å²) < 4.78 is 3.39. The van der Waals surface area contributed by atoms with Crippen molar-refractivity contribution < 1.29 is 0 Å². The third-order valence-electron chi connectivity index (χ3n) is 2.96. The first-order chi connectivity index (χ1) is 8.87. The zero-order valence-electron chi connectivity index (χ0n) is 12.1. The molecular weight excluding hydrogens is 240 g/mol. The molecule has 1 N–H and O–H groups in total. The highest BCUT2D eigenvalue weighted by atomic mass is 16.1. The van der Waals surface area contributed by atoms with E-state index in [2.05, 4.69) is 31.2 Å². The summed E-state index contributed by atoms with van der Waals surface area (Å²) in [6, 6.07) is 1.83. The van der Waals surface area contributed by atoms with Crippen molar-refractivity contribution in [2.24, 2.45) is 0 Å². The average molecular weight is 262 g/mol. The number of hydrogen-bond acceptors (Lipinski definition) is 3. The highest BCUT2D eigenvalue weighted by molar-refractivity contribution is 5.44. The summed E-state index contributed by atoms with van der Waals surface area (Å²) in [4.78, 5) is 12.2. The van der Waals surface area contributed by atoms with Crippen LogP contribution in [0.25, 0.3) is 5.52 Å². The number of aromatic nitrogens is 3. The van der Waals surface area contributed by atoms with Gasteiger partial charge in [-0.2, -0.15) is 5.10 Å². The van der Waals surface area contributed by atoms with Crippen LogP contribution in [0.4, 0.5) is 0 Å². The highest BCUT2D eigenvalue weighted by Gasteiger charge is 2.08. The first kappa shape index (κ1) is 13.8. The molecule has 0 saturated heterocycles. The number of hydrogen-bond donors (Lipinski definition) is 1. The summed E-state index contributed by atoms with van der Waals surface area (Å²) in [5.74, 6) is 0.